The number of benzene rings is 2. The summed E-state index contributed by atoms with van der Waals surface area (Å²) in [6.07, 6.45) is 0. The lowest BCUT2D eigenvalue weighted by molar-refractivity contribution is 0.0699. The molecule has 0 aliphatic heterocycles. The molecule has 0 saturated heterocycles. The van der Waals surface area contributed by atoms with Crippen LogP contribution < -0.4 is 10.3 Å². The minimum absolute atomic E-state index is 0.0443. The Morgan fingerprint density at radius 2 is 1.85 bits per heavy atom. The number of para-hydroxylation sites is 1. The second-order valence-electron chi connectivity index (χ2n) is 6.37. The summed E-state index contributed by atoms with van der Waals surface area (Å²) < 4.78 is 7.65. The number of rotatable bonds is 4. The SMILES string of the molecule is COc1c(C(=O)O)sc2c1c(=O)n(Cc1ccc(C)cc1)c1ccccc21. The van der Waals surface area contributed by atoms with Crippen molar-refractivity contribution in [2.75, 3.05) is 7.11 Å². The Morgan fingerprint density at radius 3 is 2.52 bits per heavy atom. The molecule has 0 aliphatic rings. The summed E-state index contributed by atoms with van der Waals surface area (Å²) in [5.74, 6) is -0.961. The van der Waals surface area contributed by atoms with Crippen molar-refractivity contribution < 1.29 is 14.6 Å². The molecular weight excluding hydrogens is 362 g/mol. The van der Waals surface area contributed by atoms with Gasteiger partial charge in [-0.25, -0.2) is 4.79 Å². The topological polar surface area (TPSA) is 68.5 Å². The van der Waals surface area contributed by atoms with E-state index in [1.165, 1.54) is 7.11 Å². The van der Waals surface area contributed by atoms with Crippen molar-refractivity contribution >= 4 is 38.3 Å². The molecule has 136 valence electrons. The summed E-state index contributed by atoms with van der Waals surface area (Å²) in [7, 11) is 1.40. The molecule has 4 aromatic rings. The van der Waals surface area contributed by atoms with Crippen molar-refractivity contribution in [1.29, 1.82) is 0 Å². The van der Waals surface area contributed by atoms with E-state index >= 15 is 0 Å². The van der Waals surface area contributed by atoms with Gasteiger partial charge in [0.2, 0.25) is 0 Å². The third-order valence-electron chi connectivity index (χ3n) is 4.62. The molecule has 5 nitrogen and oxygen atoms in total. The van der Waals surface area contributed by atoms with Crippen LogP contribution in [0.15, 0.2) is 53.3 Å². The molecule has 0 atom stereocenters. The van der Waals surface area contributed by atoms with Gasteiger partial charge >= 0.3 is 5.97 Å². The molecule has 0 aliphatic carbocycles. The normalized spacial score (nSPS) is 11.2. The van der Waals surface area contributed by atoms with Crippen LogP contribution in [0, 0.1) is 6.92 Å². The Labute approximate surface area is 159 Å². The van der Waals surface area contributed by atoms with E-state index in [9.17, 15) is 14.7 Å². The molecular formula is C21H17NO4S. The second-order valence-corrected chi connectivity index (χ2v) is 7.39. The smallest absolute Gasteiger partial charge is 0.349 e. The van der Waals surface area contributed by atoms with Crippen molar-refractivity contribution in [3.63, 3.8) is 0 Å². The summed E-state index contributed by atoms with van der Waals surface area (Å²) >= 11 is 1.08. The number of carbonyl (C=O) groups is 1. The zero-order valence-corrected chi connectivity index (χ0v) is 15.7. The van der Waals surface area contributed by atoms with Gasteiger partial charge in [0.1, 0.15) is 5.39 Å². The number of aromatic nitrogens is 1. The highest BCUT2D eigenvalue weighted by Crippen LogP contribution is 2.39. The van der Waals surface area contributed by atoms with Gasteiger partial charge in [0.15, 0.2) is 10.6 Å². The van der Waals surface area contributed by atoms with E-state index < -0.39 is 5.97 Å². The van der Waals surface area contributed by atoms with Gasteiger partial charge < -0.3 is 14.4 Å². The average Bonchev–Trinajstić information content (AvgIpc) is 3.07. The van der Waals surface area contributed by atoms with Gasteiger partial charge in [-0.15, -0.1) is 11.3 Å². The number of methoxy groups -OCH3 is 1. The van der Waals surface area contributed by atoms with Crippen molar-refractivity contribution in [1.82, 2.24) is 4.57 Å². The van der Waals surface area contributed by atoms with E-state index in [-0.39, 0.29) is 16.2 Å². The number of pyridine rings is 1. The molecule has 0 unspecified atom stereocenters. The van der Waals surface area contributed by atoms with Crippen molar-refractivity contribution in [3.8, 4) is 5.75 Å². The third kappa shape index (κ3) is 2.78. The van der Waals surface area contributed by atoms with E-state index in [1.807, 2.05) is 55.5 Å². The van der Waals surface area contributed by atoms with Crippen LogP contribution in [0.2, 0.25) is 0 Å². The van der Waals surface area contributed by atoms with E-state index in [2.05, 4.69) is 0 Å². The highest BCUT2D eigenvalue weighted by atomic mass is 32.1. The Kier molecular flexibility index (Phi) is 4.20. The van der Waals surface area contributed by atoms with Gasteiger partial charge in [-0.3, -0.25) is 4.79 Å². The fourth-order valence-electron chi connectivity index (χ4n) is 3.31. The monoisotopic (exact) mass is 379 g/mol. The first-order valence-corrected chi connectivity index (χ1v) is 9.23. The zero-order valence-electron chi connectivity index (χ0n) is 14.9. The third-order valence-corrected chi connectivity index (χ3v) is 5.81. The highest BCUT2D eigenvalue weighted by molar-refractivity contribution is 7.22. The fourth-order valence-corrected chi connectivity index (χ4v) is 4.45. The van der Waals surface area contributed by atoms with Crippen molar-refractivity contribution in [2.24, 2.45) is 0 Å². The maximum atomic E-state index is 13.3. The number of aromatic carboxylic acids is 1. The van der Waals surface area contributed by atoms with E-state index in [4.69, 9.17) is 4.74 Å². The second kappa shape index (κ2) is 6.55. The molecule has 0 fully saturated rings. The molecule has 2 heterocycles. The van der Waals surface area contributed by atoms with Crippen LogP contribution in [0.1, 0.15) is 20.8 Å². The summed E-state index contributed by atoms with van der Waals surface area (Å²) in [6.45, 7) is 2.41. The predicted octanol–water partition coefficient (Wildman–Crippen LogP) is 4.28. The molecule has 6 heteroatoms. The molecule has 27 heavy (non-hydrogen) atoms. The van der Waals surface area contributed by atoms with Gasteiger partial charge in [0, 0.05) is 5.39 Å². The first-order valence-electron chi connectivity index (χ1n) is 8.42. The molecule has 4 rings (SSSR count). The quantitative estimate of drug-likeness (QED) is 0.575. The van der Waals surface area contributed by atoms with Crippen LogP contribution in [-0.4, -0.2) is 22.8 Å². The van der Waals surface area contributed by atoms with Crippen LogP contribution in [0.25, 0.3) is 21.0 Å². The molecule has 0 radical (unpaired) electrons. The summed E-state index contributed by atoms with van der Waals surface area (Å²) in [5.41, 5.74) is 2.68. The number of hydrogen-bond acceptors (Lipinski definition) is 4. The highest BCUT2D eigenvalue weighted by Gasteiger charge is 2.24. The van der Waals surface area contributed by atoms with Gasteiger partial charge in [-0.05, 0) is 18.6 Å². The van der Waals surface area contributed by atoms with Gasteiger partial charge in [0.25, 0.3) is 5.56 Å². The van der Waals surface area contributed by atoms with Crippen LogP contribution >= 0.6 is 11.3 Å². The number of thiophene rings is 1. The van der Waals surface area contributed by atoms with Crippen molar-refractivity contribution in [3.05, 3.63) is 74.9 Å². The van der Waals surface area contributed by atoms with E-state index in [0.29, 0.717) is 16.6 Å². The number of carboxylic acid groups (broad SMARTS) is 1. The standard InChI is InChI=1S/C21H17NO4S/c1-12-7-9-13(10-8-12)11-22-15-6-4-3-5-14(15)18-16(20(22)23)17(26-2)19(27-18)21(24)25/h3-10H,11H2,1-2H3,(H,24,25). The van der Waals surface area contributed by atoms with Crippen LogP contribution in [0.5, 0.6) is 5.75 Å². The number of nitrogens with zero attached hydrogens (tertiary/aromatic N) is 1. The van der Waals surface area contributed by atoms with E-state index in [1.54, 1.807) is 4.57 Å². The van der Waals surface area contributed by atoms with E-state index in [0.717, 1.165) is 33.4 Å². The molecule has 2 aromatic heterocycles. The minimum atomic E-state index is -1.10. The Morgan fingerprint density at radius 1 is 1.15 bits per heavy atom. The van der Waals surface area contributed by atoms with Crippen molar-refractivity contribution in [2.45, 2.75) is 13.5 Å². The predicted molar refractivity (Wildman–Crippen MR) is 107 cm³/mol. The lowest BCUT2D eigenvalue weighted by Gasteiger charge is -2.12. The zero-order chi connectivity index (χ0) is 19.1. The first-order chi connectivity index (χ1) is 13.0. The minimum Gasteiger partial charge on any atom is -0.494 e. The fraction of sp³-hybridized carbons (Fsp3) is 0.143. The van der Waals surface area contributed by atoms with Gasteiger partial charge in [0.05, 0.1) is 23.9 Å². The number of fused-ring (bicyclic) bond motifs is 3. The molecule has 0 bridgehead atoms. The summed E-state index contributed by atoms with van der Waals surface area (Å²) in [6, 6.07) is 15.6. The number of aryl methyl sites for hydroxylation is 1. The van der Waals surface area contributed by atoms with Gasteiger partial charge in [-0.1, -0.05) is 48.0 Å². The summed E-state index contributed by atoms with van der Waals surface area (Å²) in [4.78, 5) is 25.0. The Hall–Kier alpha value is -3.12. The van der Waals surface area contributed by atoms with Crippen LogP contribution in [0.3, 0.4) is 0 Å². The first kappa shape index (κ1) is 17.3. The molecule has 0 spiro atoms. The number of ether oxygens (including phenoxy) is 1. The van der Waals surface area contributed by atoms with Crippen LogP contribution in [0.4, 0.5) is 0 Å². The molecule has 2 aromatic carbocycles. The summed E-state index contributed by atoms with van der Waals surface area (Å²) in [5, 5.41) is 10.7. The molecule has 1 N–H and O–H groups in total. The Balaban J connectivity index is 2.08. The maximum absolute atomic E-state index is 13.3. The number of hydrogen-bond donors (Lipinski definition) is 1. The van der Waals surface area contributed by atoms with Gasteiger partial charge in [-0.2, -0.15) is 0 Å². The Bertz CT molecular complexity index is 1240. The lowest BCUT2D eigenvalue weighted by Crippen LogP contribution is -2.21. The molecule has 0 saturated carbocycles. The maximum Gasteiger partial charge on any atom is 0.349 e. The number of carboxylic acids is 1. The van der Waals surface area contributed by atoms with Crippen LogP contribution in [-0.2, 0) is 6.54 Å². The lowest BCUT2D eigenvalue weighted by atomic mass is 10.1. The largest absolute Gasteiger partial charge is 0.494 e. The molecule has 0 amide bonds. The average molecular weight is 379 g/mol.